The zero-order valence-corrected chi connectivity index (χ0v) is 15.5. The van der Waals surface area contributed by atoms with Gasteiger partial charge >= 0.3 is 0 Å². The quantitative estimate of drug-likeness (QED) is 0.329. The predicted molar refractivity (Wildman–Crippen MR) is 105 cm³/mol. The zero-order valence-electron chi connectivity index (χ0n) is 15.5. The fourth-order valence-corrected chi connectivity index (χ4v) is 3.01. The topological polar surface area (TPSA) is 82.9 Å². The van der Waals surface area contributed by atoms with Crippen LogP contribution in [-0.4, -0.2) is 45.8 Å². The Morgan fingerprint density at radius 2 is 1.96 bits per heavy atom. The maximum Gasteiger partial charge on any atom is 0.190 e. The summed E-state index contributed by atoms with van der Waals surface area (Å²) in [7, 11) is 1.81. The summed E-state index contributed by atoms with van der Waals surface area (Å²) in [5.41, 5.74) is 3.81. The van der Waals surface area contributed by atoms with Crippen molar-refractivity contribution in [1.29, 1.82) is 0 Å². The van der Waals surface area contributed by atoms with E-state index in [2.05, 4.69) is 62.1 Å². The molecule has 7 nitrogen and oxygen atoms in total. The van der Waals surface area contributed by atoms with Crippen molar-refractivity contribution in [3.63, 3.8) is 0 Å². The van der Waals surface area contributed by atoms with Gasteiger partial charge < -0.3 is 20.2 Å². The van der Waals surface area contributed by atoms with Gasteiger partial charge in [-0.1, -0.05) is 12.1 Å². The van der Waals surface area contributed by atoms with Crippen LogP contribution in [-0.2, 0) is 13.0 Å². The smallest absolute Gasteiger partial charge is 0.190 e. The molecule has 0 aliphatic heterocycles. The van der Waals surface area contributed by atoms with E-state index in [-0.39, 0.29) is 0 Å². The number of nitrogens with one attached hydrogen (secondary N) is 3. The molecule has 0 bridgehead atoms. The van der Waals surface area contributed by atoms with E-state index in [4.69, 9.17) is 0 Å². The number of hydrogen-bond acceptors (Lipinski definition) is 3. The fraction of sp³-hybridized carbons (Fsp3) is 0.421. The minimum absolute atomic E-state index is 0.848. The lowest BCUT2D eigenvalue weighted by Gasteiger charge is -2.11. The molecule has 1 aromatic carbocycles. The number of fused-ring (bicyclic) bond motifs is 1. The lowest BCUT2D eigenvalue weighted by molar-refractivity contribution is 0.597. The standard InChI is InChI=1S/C19H27N7/c1-15-5-6-17-16(12-23-18(17)11-15)7-9-22-19(20-2)21-8-3-4-10-26-13-24-25-14-26/h5-6,11-14,23H,3-4,7-10H2,1-2H3,(H2,20,21,22). The number of benzene rings is 1. The first kappa shape index (κ1) is 18.0. The molecule has 0 amide bonds. The molecule has 0 aliphatic carbocycles. The van der Waals surface area contributed by atoms with Crippen molar-refractivity contribution in [2.24, 2.45) is 4.99 Å². The molecule has 0 saturated carbocycles. The monoisotopic (exact) mass is 353 g/mol. The molecule has 0 aliphatic rings. The minimum atomic E-state index is 0.848. The van der Waals surface area contributed by atoms with Gasteiger partial charge in [0.2, 0.25) is 0 Å². The number of hydrogen-bond donors (Lipinski definition) is 3. The van der Waals surface area contributed by atoms with Gasteiger partial charge in [-0.15, -0.1) is 10.2 Å². The van der Waals surface area contributed by atoms with E-state index < -0.39 is 0 Å². The number of nitrogens with zero attached hydrogens (tertiary/aromatic N) is 4. The molecule has 0 radical (unpaired) electrons. The van der Waals surface area contributed by atoms with Crippen LogP contribution in [0.1, 0.15) is 24.0 Å². The third kappa shape index (κ3) is 4.84. The van der Waals surface area contributed by atoms with Crippen molar-refractivity contribution in [3.05, 3.63) is 48.2 Å². The van der Waals surface area contributed by atoms with Crippen LogP contribution >= 0.6 is 0 Å². The van der Waals surface area contributed by atoms with Crippen LogP contribution < -0.4 is 10.6 Å². The first-order valence-electron chi connectivity index (χ1n) is 9.10. The fourth-order valence-electron chi connectivity index (χ4n) is 3.01. The van der Waals surface area contributed by atoms with Gasteiger partial charge in [0.05, 0.1) is 0 Å². The third-order valence-corrected chi connectivity index (χ3v) is 4.44. The predicted octanol–water partition coefficient (Wildman–Crippen LogP) is 2.26. The summed E-state index contributed by atoms with van der Waals surface area (Å²) in [5.74, 6) is 0.852. The first-order chi connectivity index (χ1) is 12.8. The molecule has 0 atom stereocenters. The maximum absolute atomic E-state index is 4.29. The Labute approximate surface area is 153 Å². The summed E-state index contributed by atoms with van der Waals surface area (Å²) in [5, 5.41) is 15.7. The van der Waals surface area contributed by atoms with E-state index >= 15 is 0 Å². The van der Waals surface area contributed by atoms with Crippen molar-refractivity contribution in [3.8, 4) is 0 Å². The van der Waals surface area contributed by atoms with E-state index in [1.807, 2.05) is 4.57 Å². The number of aromatic amines is 1. The van der Waals surface area contributed by atoms with Crippen molar-refractivity contribution in [1.82, 2.24) is 30.4 Å². The highest BCUT2D eigenvalue weighted by Gasteiger charge is 2.04. The maximum atomic E-state index is 4.29. The Morgan fingerprint density at radius 3 is 2.77 bits per heavy atom. The van der Waals surface area contributed by atoms with Crippen LogP contribution in [0.5, 0.6) is 0 Å². The molecular formula is C19H27N7. The Balaban J connectivity index is 1.37. The van der Waals surface area contributed by atoms with Gasteiger partial charge in [0.25, 0.3) is 0 Å². The molecule has 3 rings (SSSR count). The van der Waals surface area contributed by atoms with Gasteiger partial charge in [-0.05, 0) is 43.4 Å². The van der Waals surface area contributed by atoms with Crippen LogP contribution in [0.25, 0.3) is 10.9 Å². The number of unbranched alkanes of at least 4 members (excludes halogenated alkanes) is 1. The second-order valence-electron chi connectivity index (χ2n) is 6.45. The average molecular weight is 353 g/mol. The summed E-state index contributed by atoms with van der Waals surface area (Å²) in [6.07, 6.45) is 8.71. The molecule has 3 aromatic rings. The number of guanidine groups is 1. The normalized spacial score (nSPS) is 11.8. The SMILES string of the molecule is CN=C(NCCCCn1cnnc1)NCCc1c[nH]c2cc(C)ccc12. The van der Waals surface area contributed by atoms with E-state index in [0.717, 1.165) is 44.9 Å². The molecule has 0 fully saturated rings. The van der Waals surface area contributed by atoms with Gasteiger partial charge in [-0.25, -0.2) is 0 Å². The number of aryl methyl sites for hydroxylation is 2. The molecule has 2 aromatic heterocycles. The highest BCUT2D eigenvalue weighted by molar-refractivity contribution is 5.84. The Kier molecular flexibility index (Phi) is 6.24. The summed E-state index contributed by atoms with van der Waals surface area (Å²) >= 11 is 0. The van der Waals surface area contributed by atoms with Crippen molar-refractivity contribution in [2.75, 3.05) is 20.1 Å². The molecule has 26 heavy (non-hydrogen) atoms. The Bertz CT molecular complexity index is 833. The van der Waals surface area contributed by atoms with Crippen LogP contribution in [0.4, 0.5) is 0 Å². The summed E-state index contributed by atoms with van der Waals surface area (Å²) < 4.78 is 2.00. The lowest BCUT2D eigenvalue weighted by atomic mass is 10.1. The third-order valence-electron chi connectivity index (χ3n) is 4.44. The summed E-state index contributed by atoms with van der Waals surface area (Å²) in [6, 6.07) is 6.54. The molecule has 3 N–H and O–H groups in total. The number of H-pyrrole nitrogens is 1. The van der Waals surface area contributed by atoms with Crippen molar-refractivity contribution < 1.29 is 0 Å². The molecular weight excluding hydrogens is 326 g/mol. The van der Waals surface area contributed by atoms with Crippen molar-refractivity contribution >= 4 is 16.9 Å². The number of aliphatic imine (C=N–C) groups is 1. The van der Waals surface area contributed by atoms with E-state index in [1.54, 1.807) is 19.7 Å². The highest BCUT2D eigenvalue weighted by Crippen LogP contribution is 2.19. The van der Waals surface area contributed by atoms with Crippen LogP contribution in [0.2, 0.25) is 0 Å². The van der Waals surface area contributed by atoms with Gasteiger partial charge in [0.15, 0.2) is 5.96 Å². The number of rotatable bonds is 8. The highest BCUT2D eigenvalue weighted by atomic mass is 15.2. The summed E-state index contributed by atoms with van der Waals surface area (Å²) in [4.78, 5) is 7.65. The first-order valence-corrected chi connectivity index (χ1v) is 9.10. The van der Waals surface area contributed by atoms with Gasteiger partial charge in [0, 0.05) is 43.8 Å². The Hall–Kier alpha value is -2.83. The van der Waals surface area contributed by atoms with Crippen LogP contribution in [0.15, 0.2) is 42.0 Å². The lowest BCUT2D eigenvalue weighted by Crippen LogP contribution is -2.38. The second-order valence-corrected chi connectivity index (χ2v) is 6.45. The van der Waals surface area contributed by atoms with E-state index in [9.17, 15) is 0 Å². The average Bonchev–Trinajstić information content (AvgIpc) is 3.29. The largest absolute Gasteiger partial charge is 0.361 e. The minimum Gasteiger partial charge on any atom is -0.361 e. The van der Waals surface area contributed by atoms with Gasteiger partial charge in [0.1, 0.15) is 12.7 Å². The van der Waals surface area contributed by atoms with E-state index in [0.29, 0.717) is 0 Å². The molecule has 0 saturated heterocycles. The van der Waals surface area contributed by atoms with Crippen molar-refractivity contribution in [2.45, 2.75) is 32.7 Å². The van der Waals surface area contributed by atoms with Gasteiger partial charge in [-0.2, -0.15) is 0 Å². The van der Waals surface area contributed by atoms with E-state index in [1.165, 1.54) is 22.0 Å². The second kappa shape index (κ2) is 9.03. The molecule has 138 valence electrons. The van der Waals surface area contributed by atoms with Crippen LogP contribution in [0, 0.1) is 6.92 Å². The molecule has 0 spiro atoms. The number of aromatic nitrogens is 4. The zero-order chi connectivity index (χ0) is 18.2. The van der Waals surface area contributed by atoms with Gasteiger partial charge in [-0.3, -0.25) is 4.99 Å². The van der Waals surface area contributed by atoms with Crippen LogP contribution in [0.3, 0.4) is 0 Å². The summed E-state index contributed by atoms with van der Waals surface area (Å²) in [6.45, 7) is 4.81. The molecule has 0 unspecified atom stereocenters. The molecule has 7 heteroatoms. The molecule has 2 heterocycles. The Morgan fingerprint density at radius 1 is 1.15 bits per heavy atom.